The van der Waals surface area contributed by atoms with Crippen LogP contribution in [0.1, 0.15) is 58.2 Å². The van der Waals surface area contributed by atoms with Gasteiger partial charge in [-0.15, -0.1) is 0 Å². The summed E-state index contributed by atoms with van der Waals surface area (Å²) in [5.41, 5.74) is 6.49. The number of carbonyl (C=O) groups is 2. The number of nitrogens with one attached hydrogen (secondary N) is 2. The van der Waals surface area contributed by atoms with Gasteiger partial charge in [-0.2, -0.15) is 0 Å². The molecule has 0 aromatic heterocycles. The van der Waals surface area contributed by atoms with E-state index >= 15 is 0 Å². The molecule has 0 aliphatic carbocycles. The Kier molecular flexibility index (Phi) is 6.78. The molecule has 0 fully saturated rings. The minimum absolute atomic E-state index is 0.0164. The summed E-state index contributed by atoms with van der Waals surface area (Å²) in [6.07, 6.45) is 1.87. The summed E-state index contributed by atoms with van der Waals surface area (Å²) in [7, 11) is 0. The zero-order chi connectivity index (χ0) is 23.4. The maximum atomic E-state index is 13.1. The van der Waals surface area contributed by atoms with Crippen LogP contribution in [0.15, 0.2) is 66.7 Å². The van der Waals surface area contributed by atoms with Crippen molar-refractivity contribution in [2.45, 2.75) is 46.2 Å². The van der Waals surface area contributed by atoms with Gasteiger partial charge in [-0.1, -0.05) is 43.3 Å². The molecule has 0 saturated heterocycles. The van der Waals surface area contributed by atoms with Gasteiger partial charge < -0.3 is 15.5 Å². The predicted molar refractivity (Wildman–Crippen MR) is 134 cm³/mol. The van der Waals surface area contributed by atoms with Crippen molar-refractivity contribution in [1.82, 2.24) is 5.32 Å². The SMILES string of the molecule is CCc1ccc(C(=O)Nc2ccc(N3CCc4ccccc4C3)c(C(=O)NC(C)C)c2)cc1. The summed E-state index contributed by atoms with van der Waals surface area (Å²) >= 11 is 0. The van der Waals surface area contributed by atoms with Crippen LogP contribution in [-0.2, 0) is 19.4 Å². The van der Waals surface area contributed by atoms with E-state index in [0.29, 0.717) is 16.8 Å². The van der Waals surface area contributed by atoms with Crippen molar-refractivity contribution < 1.29 is 9.59 Å². The third-order valence-electron chi connectivity index (χ3n) is 6.01. The smallest absolute Gasteiger partial charge is 0.255 e. The van der Waals surface area contributed by atoms with Crippen molar-refractivity contribution in [3.63, 3.8) is 0 Å². The number of amides is 2. The number of hydrogen-bond donors (Lipinski definition) is 2. The molecule has 2 amide bonds. The molecule has 1 aliphatic heterocycles. The molecule has 5 nitrogen and oxygen atoms in total. The summed E-state index contributed by atoms with van der Waals surface area (Å²) in [6, 6.07) is 21.7. The molecule has 4 rings (SSSR count). The molecule has 0 atom stereocenters. The van der Waals surface area contributed by atoms with Crippen LogP contribution in [0.4, 0.5) is 11.4 Å². The Labute approximate surface area is 195 Å². The van der Waals surface area contributed by atoms with E-state index in [1.807, 2.05) is 50.2 Å². The highest BCUT2D eigenvalue weighted by atomic mass is 16.2. The summed E-state index contributed by atoms with van der Waals surface area (Å²) in [4.78, 5) is 28.1. The number of nitrogens with zero attached hydrogens (tertiary/aromatic N) is 1. The predicted octanol–water partition coefficient (Wildman–Crippen LogP) is 5.20. The Morgan fingerprint density at radius 3 is 2.36 bits per heavy atom. The molecular weight excluding hydrogens is 410 g/mol. The van der Waals surface area contributed by atoms with Crippen molar-refractivity contribution in [3.8, 4) is 0 Å². The molecule has 3 aromatic carbocycles. The van der Waals surface area contributed by atoms with E-state index in [0.717, 1.165) is 31.6 Å². The first-order chi connectivity index (χ1) is 15.9. The van der Waals surface area contributed by atoms with Gasteiger partial charge in [0.1, 0.15) is 0 Å². The number of benzene rings is 3. The highest BCUT2D eigenvalue weighted by Crippen LogP contribution is 2.30. The highest BCUT2D eigenvalue weighted by Gasteiger charge is 2.22. The lowest BCUT2D eigenvalue weighted by Crippen LogP contribution is -2.35. The second-order valence-electron chi connectivity index (χ2n) is 8.80. The molecule has 0 bridgehead atoms. The highest BCUT2D eigenvalue weighted by molar-refractivity contribution is 6.06. The van der Waals surface area contributed by atoms with E-state index in [4.69, 9.17) is 0 Å². The molecule has 0 saturated carbocycles. The lowest BCUT2D eigenvalue weighted by Gasteiger charge is -2.32. The van der Waals surface area contributed by atoms with E-state index in [9.17, 15) is 9.59 Å². The lowest BCUT2D eigenvalue weighted by atomic mass is 9.98. The summed E-state index contributed by atoms with van der Waals surface area (Å²) in [6.45, 7) is 7.57. The number of anilines is 2. The molecule has 1 aliphatic rings. The first-order valence-electron chi connectivity index (χ1n) is 11.6. The van der Waals surface area contributed by atoms with Crippen molar-refractivity contribution in [1.29, 1.82) is 0 Å². The summed E-state index contributed by atoms with van der Waals surface area (Å²) in [5.74, 6) is -0.324. The summed E-state index contributed by atoms with van der Waals surface area (Å²) < 4.78 is 0. The van der Waals surface area contributed by atoms with Gasteiger partial charge in [0, 0.05) is 36.1 Å². The van der Waals surface area contributed by atoms with Gasteiger partial charge in [0.05, 0.1) is 5.56 Å². The van der Waals surface area contributed by atoms with E-state index in [-0.39, 0.29) is 17.9 Å². The summed E-state index contributed by atoms with van der Waals surface area (Å²) in [5, 5.41) is 5.96. The number of rotatable bonds is 6. The molecule has 1 heterocycles. The van der Waals surface area contributed by atoms with E-state index < -0.39 is 0 Å². The zero-order valence-corrected chi connectivity index (χ0v) is 19.5. The lowest BCUT2D eigenvalue weighted by molar-refractivity contribution is 0.0942. The van der Waals surface area contributed by atoms with Crippen LogP contribution in [0.5, 0.6) is 0 Å². The van der Waals surface area contributed by atoms with Crippen molar-refractivity contribution in [2.24, 2.45) is 0 Å². The van der Waals surface area contributed by atoms with Crippen molar-refractivity contribution in [2.75, 3.05) is 16.8 Å². The third kappa shape index (κ3) is 5.25. The van der Waals surface area contributed by atoms with Crippen molar-refractivity contribution in [3.05, 3.63) is 94.5 Å². The van der Waals surface area contributed by atoms with Crippen LogP contribution in [0, 0.1) is 0 Å². The molecule has 0 unspecified atom stereocenters. The molecule has 3 aromatic rings. The maximum Gasteiger partial charge on any atom is 0.255 e. The number of fused-ring (bicyclic) bond motifs is 1. The molecule has 0 radical (unpaired) electrons. The zero-order valence-electron chi connectivity index (χ0n) is 19.5. The number of aryl methyl sites for hydroxylation is 1. The molecule has 170 valence electrons. The Morgan fingerprint density at radius 2 is 1.67 bits per heavy atom. The standard InChI is InChI=1S/C28H31N3O2/c1-4-20-9-11-22(12-10-20)27(32)30-24-13-14-26(25(17-24)28(33)29-19(2)3)31-16-15-21-7-5-6-8-23(21)18-31/h5-14,17,19H,4,15-16,18H2,1-3H3,(H,29,33)(H,30,32). The largest absolute Gasteiger partial charge is 0.366 e. The van der Waals surface area contributed by atoms with Crippen LogP contribution in [-0.4, -0.2) is 24.4 Å². The van der Waals surface area contributed by atoms with Crippen LogP contribution < -0.4 is 15.5 Å². The Bertz CT molecular complexity index is 1150. The second kappa shape index (κ2) is 9.90. The van der Waals surface area contributed by atoms with Crippen molar-refractivity contribution >= 4 is 23.2 Å². The minimum Gasteiger partial charge on any atom is -0.366 e. The molecule has 5 heteroatoms. The fourth-order valence-corrected chi connectivity index (χ4v) is 4.21. The van der Waals surface area contributed by atoms with E-state index in [1.165, 1.54) is 16.7 Å². The quantitative estimate of drug-likeness (QED) is 0.553. The average molecular weight is 442 g/mol. The second-order valence-corrected chi connectivity index (χ2v) is 8.80. The maximum absolute atomic E-state index is 13.1. The molecule has 0 spiro atoms. The molecule has 2 N–H and O–H groups in total. The molecular formula is C28H31N3O2. The normalized spacial score (nSPS) is 12.9. The Hall–Kier alpha value is -3.60. The van der Waals surface area contributed by atoms with Gasteiger partial charge in [0.25, 0.3) is 11.8 Å². The van der Waals surface area contributed by atoms with Gasteiger partial charge >= 0.3 is 0 Å². The van der Waals surface area contributed by atoms with Crippen LogP contribution in [0.2, 0.25) is 0 Å². The van der Waals surface area contributed by atoms with Gasteiger partial charge in [-0.25, -0.2) is 0 Å². The average Bonchev–Trinajstić information content (AvgIpc) is 2.83. The molecule has 33 heavy (non-hydrogen) atoms. The minimum atomic E-state index is -0.187. The van der Waals surface area contributed by atoms with Crippen LogP contribution in [0.3, 0.4) is 0 Å². The van der Waals surface area contributed by atoms with Gasteiger partial charge in [0.15, 0.2) is 0 Å². The van der Waals surface area contributed by atoms with Crippen LogP contribution >= 0.6 is 0 Å². The van der Waals surface area contributed by atoms with E-state index in [2.05, 4.69) is 46.7 Å². The monoisotopic (exact) mass is 441 g/mol. The van der Waals surface area contributed by atoms with Gasteiger partial charge in [-0.3, -0.25) is 9.59 Å². The fourth-order valence-electron chi connectivity index (χ4n) is 4.21. The number of carbonyl (C=O) groups excluding carboxylic acids is 2. The van der Waals surface area contributed by atoms with Crippen LogP contribution in [0.25, 0.3) is 0 Å². The first kappa shape index (κ1) is 22.6. The van der Waals surface area contributed by atoms with Gasteiger partial charge in [-0.05, 0) is 73.7 Å². The Balaban J connectivity index is 1.61. The topological polar surface area (TPSA) is 61.4 Å². The fraction of sp³-hybridized carbons (Fsp3) is 0.286. The van der Waals surface area contributed by atoms with Gasteiger partial charge in [0.2, 0.25) is 0 Å². The van der Waals surface area contributed by atoms with E-state index in [1.54, 1.807) is 6.07 Å². The first-order valence-corrected chi connectivity index (χ1v) is 11.6. The number of hydrogen-bond acceptors (Lipinski definition) is 3. The third-order valence-corrected chi connectivity index (χ3v) is 6.01. The Morgan fingerprint density at radius 1 is 0.939 bits per heavy atom.